The van der Waals surface area contributed by atoms with Gasteiger partial charge in [0.05, 0.1) is 40.4 Å². The molecule has 0 aliphatic heterocycles. The van der Waals surface area contributed by atoms with Crippen LogP contribution in [0, 0.1) is 0 Å². The Labute approximate surface area is 241 Å². The monoisotopic (exact) mass is 631 g/mol. The van der Waals surface area contributed by atoms with Gasteiger partial charge in [0.2, 0.25) is 0 Å². The SMILES string of the molecule is CCOC(=O)[C@H](C)Oc1c(Br)cc(C=Nn2c(-c3cccc(C(F)(F)F)c3)nc3ccccc3c2=O)cc1OCC. The van der Waals surface area contributed by atoms with E-state index in [1.165, 1.54) is 18.3 Å². The van der Waals surface area contributed by atoms with E-state index in [1.54, 1.807) is 57.2 Å². The molecule has 1 heterocycles. The highest BCUT2D eigenvalue weighted by Crippen LogP contribution is 2.37. The molecule has 3 aromatic carbocycles. The molecule has 4 aromatic rings. The maximum absolute atomic E-state index is 13.4. The summed E-state index contributed by atoms with van der Waals surface area (Å²) in [6.07, 6.45) is -4.15. The predicted molar refractivity (Wildman–Crippen MR) is 151 cm³/mol. The van der Waals surface area contributed by atoms with E-state index < -0.39 is 29.4 Å². The zero-order valence-electron chi connectivity index (χ0n) is 22.2. The second-order valence-electron chi connectivity index (χ2n) is 8.67. The highest BCUT2D eigenvalue weighted by Gasteiger charge is 2.31. The van der Waals surface area contributed by atoms with Crippen molar-refractivity contribution in [2.45, 2.75) is 33.1 Å². The molecule has 1 aromatic heterocycles. The van der Waals surface area contributed by atoms with Crippen molar-refractivity contribution in [1.29, 1.82) is 0 Å². The molecule has 0 unspecified atom stereocenters. The van der Waals surface area contributed by atoms with Crippen LogP contribution >= 0.6 is 15.9 Å². The lowest BCUT2D eigenvalue weighted by Gasteiger charge is -2.18. The number of hydrogen-bond donors (Lipinski definition) is 0. The summed E-state index contributed by atoms with van der Waals surface area (Å²) in [5.74, 6) is -0.0542. The number of alkyl halides is 3. The number of fused-ring (bicyclic) bond motifs is 1. The number of carbonyl (C=O) groups is 1. The fraction of sp³-hybridized carbons (Fsp3) is 0.241. The number of nitrogens with zero attached hydrogens (tertiary/aromatic N) is 3. The minimum absolute atomic E-state index is 0.0627. The fourth-order valence-corrected chi connectivity index (χ4v) is 4.45. The Bertz CT molecular complexity index is 1670. The summed E-state index contributed by atoms with van der Waals surface area (Å²) in [4.78, 5) is 30.0. The van der Waals surface area contributed by atoms with Crippen molar-refractivity contribution in [2.24, 2.45) is 5.10 Å². The molecule has 0 radical (unpaired) electrons. The maximum Gasteiger partial charge on any atom is 0.416 e. The second kappa shape index (κ2) is 12.5. The Morgan fingerprint density at radius 1 is 1.10 bits per heavy atom. The summed E-state index contributed by atoms with van der Waals surface area (Å²) in [5.41, 5.74) is -0.605. The summed E-state index contributed by atoms with van der Waals surface area (Å²) >= 11 is 3.43. The van der Waals surface area contributed by atoms with Gasteiger partial charge in [0.15, 0.2) is 23.4 Å². The Morgan fingerprint density at radius 2 is 1.85 bits per heavy atom. The molecular weight excluding hydrogens is 607 g/mol. The molecule has 12 heteroatoms. The number of aromatic nitrogens is 2. The van der Waals surface area contributed by atoms with Gasteiger partial charge in [-0.25, -0.2) is 9.78 Å². The van der Waals surface area contributed by atoms with Crippen molar-refractivity contribution in [3.05, 3.63) is 86.6 Å². The van der Waals surface area contributed by atoms with Gasteiger partial charge < -0.3 is 14.2 Å². The molecule has 0 aliphatic rings. The zero-order valence-corrected chi connectivity index (χ0v) is 23.8. The van der Waals surface area contributed by atoms with Gasteiger partial charge in [-0.15, -0.1) is 0 Å². The molecule has 8 nitrogen and oxygen atoms in total. The first-order valence-corrected chi connectivity index (χ1v) is 13.4. The summed E-state index contributed by atoms with van der Waals surface area (Å²) < 4.78 is 58.2. The van der Waals surface area contributed by atoms with Gasteiger partial charge in [-0.05, 0) is 78.7 Å². The highest BCUT2D eigenvalue weighted by atomic mass is 79.9. The van der Waals surface area contributed by atoms with Crippen molar-refractivity contribution in [2.75, 3.05) is 13.2 Å². The third kappa shape index (κ3) is 6.76. The lowest BCUT2D eigenvalue weighted by molar-refractivity contribution is -0.150. The molecule has 0 amide bonds. The first-order chi connectivity index (χ1) is 19.5. The maximum atomic E-state index is 13.4. The van der Waals surface area contributed by atoms with Gasteiger partial charge in [0.1, 0.15) is 0 Å². The molecule has 0 fully saturated rings. The average molecular weight is 632 g/mol. The lowest BCUT2D eigenvalue weighted by atomic mass is 10.1. The number of para-hydroxylation sites is 1. The number of hydrogen-bond acceptors (Lipinski definition) is 7. The Kier molecular flexibility index (Phi) is 9.11. The molecular formula is C29H25BrF3N3O5. The number of esters is 1. The molecule has 0 spiro atoms. The van der Waals surface area contributed by atoms with Gasteiger partial charge in [-0.2, -0.15) is 22.9 Å². The number of halogens is 4. The van der Waals surface area contributed by atoms with Crippen molar-refractivity contribution in [1.82, 2.24) is 9.66 Å². The molecule has 0 aliphatic carbocycles. The van der Waals surface area contributed by atoms with Crippen LogP contribution in [0.5, 0.6) is 11.5 Å². The molecule has 0 saturated carbocycles. The van der Waals surface area contributed by atoms with Crippen molar-refractivity contribution >= 4 is 39.0 Å². The minimum atomic E-state index is -4.59. The number of rotatable bonds is 9. The van der Waals surface area contributed by atoms with Crippen LogP contribution in [0.4, 0.5) is 13.2 Å². The third-order valence-corrected chi connectivity index (χ3v) is 6.36. The van der Waals surface area contributed by atoms with E-state index >= 15 is 0 Å². The molecule has 214 valence electrons. The van der Waals surface area contributed by atoms with Crippen LogP contribution < -0.4 is 15.0 Å². The van der Waals surface area contributed by atoms with E-state index in [1.807, 2.05) is 0 Å². The van der Waals surface area contributed by atoms with Gasteiger partial charge in [-0.1, -0.05) is 24.3 Å². The van der Waals surface area contributed by atoms with Crippen molar-refractivity contribution < 1.29 is 32.2 Å². The molecule has 0 saturated heterocycles. The minimum Gasteiger partial charge on any atom is -0.490 e. The van der Waals surface area contributed by atoms with E-state index in [9.17, 15) is 22.8 Å². The van der Waals surface area contributed by atoms with Gasteiger partial charge in [0.25, 0.3) is 5.56 Å². The van der Waals surface area contributed by atoms with E-state index in [2.05, 4.69) is 26.0 Å². The van der Waals surface area contributed by atoms with Gasteiger partial charge in [0, 0.05) is 5.56 Å². The fourth-order valence-electron chi connectivity index (χ4n) is 3.90. The summed E-state index contributed by atoms with van der Waals surface area (Å²) in [5, 5.41) is 4.57. The molecule has 41 heavy (non-hydrogen) atoms. The smallest absolute Gasteiger partial charge is 0.416 e. The summed E-state index contributed by atoms with van der Waals surface area (Å²) in [6.45, 7) is 5.49. The van der Waals surface area contributed by atoms with Crippen LogP contribution in [0.1, 0.15) is 31.9 Å². The normalized spacial score (nSPS) is 12.5. The third-order valence-electron chi connectivity index (χ3n) is 5.77. The Hall–Kier alpha value is -4.19. The van der Waals surface area contributed by atoms with Crippen LogP contribution in [0.3, 0.4) is 0 Å². The summed E-state index contributed by atoms with van der Waals surface area (Å²) in [6, 6.07) is 14.3. The van der Waals surface area contributed by atoms with Crippen LogP contribution in [-0.2, 0) is 15.7 Å². The van der Waals surface area contributed by atoms with Crippen molar-refractivity contribution in [3.8, 4) is 22.9 Å². The largest absolute Gasteiger partial charge is 0.490 e. The van der Waals surface area contributed by atoms with E-state index in [-0.39, 0.29) is 35.7 Å². The predicted octanol–water partition coefficient (Wildman–Crippen LogP) is 6.46. The molecule has 0 N–H and O–H groups in total. The van der Waals surface area contributed by atoms with Crippen LogP contribution in [0.15, 0.2) is 75.0 Å². The Balaban J connectivity index is 1.81. The van der Waals surface area contributed by atoms with E-state index in [0.29, 0.717) is 21.3 Å². The molecule has 0 bridgehead atoms. The number of ether oxygens (including phenoxy) is 3. The zero-order chi connectivity index (χ0) is 29.7. The highest BCUT2D eigenvalue weighted by molar-refractivity contribution is 9.10. The van der Waals surface area contributed by atoms with E-state index in [0.717, 1.165) is 16.8 Å². The molecule has 1 atom stereocenters. The second-order valence-corrected chi connectivity index (χ2v) is 9.52. The first-order valence-electron chi connectivity index (χ1n) is 12.6. The average Bonchev–Trinajstić information content (AvgIpc) is 2.94. The first kappa shape index (κ1) is 29.8. The molecule has 4 rings (SSSR count). The van der Waals surface area contributed by atoms with Crippen LogP contribution in [0.25, 0.3) is 22.3 Å². The van der Waals surface area contributed by atoms with Crippen molar-refractivity contribution in [3.63, 3.8) is 0 Å². The Morgan fingerprint density at radius 3 is 2.56 bits per heavy atom. The van der Waals surface area contributed by atoms with Crippen LogP contribution in [-0.4, -0.2) is 41.2 Å². The number of carbonyl (C=O) groups excluding carboxylic acids is 1. The lowest BCUT2D eigenvalue weighted by Crippen LogP contribution is -2.26. The van der Waals surface area contributed by atoms with Gasteiger partial charge in [-0.3, -0.25) is 4.79 Å². The van der Waals surface area contributed by atoms with Gasteiger partial charge >= 0.3 is 12.1 Å². The number of benzene rings is 3. The quantitative estimate of drug-likeness (QED) is 0.156. The van der Waals surface area contributed by atoms with Crippen LogP contribution in [0.2, 0.25) is 0 Å². The summed E-state index contributed by atoms with van der Waals surface area (Å²) in [7, 11) is 0. The van der Waals surface area contributed by atoms with E-state index in [4.69, 9.17) is 14.2 Å². The topological polar surface area (TPSA) is 92.0 Å². The standard InChI is InChI=1S/C29H25BrF3N3O5/c1-4-39-24-14-18(13-22(30)25(24)41-17(3)28(38)40-5-2)16-34-36-26(19-9-8-10-20(15-19)29(31,32)33)35-23-12-7-6-11-21(23)27(36)37/h6-17H,4-5H2,1-3H3/t17-/m0/s1.